The molecule has 0 aliphatic rings. The zero-order valence-electron chi connectivity index (χ0n) is 41.0. The number of carbonyl (C=O) groups is 3. The fourth-order valence-corrected chi connectivity index (χ4v) is 5.69. The third-order valence-electron chi connectivity index (χ3n) is 9.22. The van der Waals surface area contributed by atoms with Crippen LogP contribution < -0.4 is 0 Å². The molecule has 0 aliphatic heterocycles. The molecule has 0 aromatic carbocycles. The maximum Gasteiger partial charge on any atom is 0.303 e. The van der Waals surface area contributed by atoms with E-state index in [0.717, 1.165) is 135 Å². The summed E-state index contributed by atoms with van der Waals surface area (Å²) in [6.45, 7) is 6.19. The van der Waals surface area contributed by atoms with Gasteiger partial charge in [-0.1, -0.05) is 188 Å². The molecule has 0 aromatic heterocycles. The van der Waals surface area contributed by atoms with E-state index in [4.69, 9.17) is 25.5 Å². The van der Waals surface area contributed by atoms with Crippen LogP contribution in [0.2, 0.25) is 0 Å². The lowest BCUT2D eigenvalue weighted by Gasteiger charge is -1.98. The van der Waals surface area contributed by atoms with Gasteiger partial charge in [-0.15, -0.1) is 0 Å². The lowest BCUT2D eigenvalue weighted by Crippen LogP contribution is -1.93. The number of allylic oxidation sites excluding steroid dienone is 18. The molecule has 0 radical (unpaired) electrons. The number of aliphatic hydroxyl groups is 2. The molecule has 8 heteroatoms. The van der Waals surface area contributed by atoms with Crippen molar-refractivity contribution < 1.29 is 39.9 Å². The standard InChI is InChI=1S/3C18H30O2.C2H6O2/c3*1-2-3-4-5-6-7-8-9-10-11-12-13-14-15-16-17-18(19)20;3-1-2-4/h3*3-4,6-7,9-10H,2,5,8,11-17H2,1H3,(H,19,20);3-4H,1-2H2/b3*4-3-,7-6-,10-9-;. The summed E-state index contributed by atoms with van der Waals surface area (Å²) in [5.41, 5.74) is 0. The van der Waals surface area contributed by atoms with Crippen molar-refractivity contribution in [1.29, 1.82) is 0 Å². The zero-order chi connectivity index (χ0) is 48.1. The van der Waals surface area contributed by atoms with Gasteiger partial charge in [0.1, 0.15) is 0 Å². The van der Waals surface area contributed by atoms with Crippen LogP contribution in [0.3, 0.4) is 0 Å². The lowest BCUT2D eigenvalue weighted by atomic mass is 10.1. The summed E-state index contributed by atoms with van der Waals surface area (Å²) in [6, 6.07) is 0. The quantitative estimate of drug-likeness (QED) is 0.0301. The first-order chi connectivity index (χ1) is 31.2. The Labute approximate surface area is 392 Å². The largest absolute Gasteiger partial charge is 0.481 e. The van der Waals surface area contributed by atoms with Gasteiger partial charge in [0.05, 0.1) is 13.2 Å². The molecule has 5 N–H and O–H groups in total. The molecule has 0 fully saturated rings. The average molecular weight is 897 g/mol. The molecule has 0 unspecified atom stereocenters. The summed E-state index contributed by atoms with van der Waals surface area (Å²) < 4.78 is 0. The van der Waals surface area contributed by atoms with Crippen molar-refractivity contribution in [3.8, 4) is 0 Å². The van der Waals surface area contributed by atoms with E-state index in [9.17, 15) is 14.4 Å². The third-order valence-corrected chi connectivity index (χ3v) is 9.22. The molecule has 0 heterocycles. The molecule has 0 spiro atoms. The van der Waals surface area contributed by atoms with E-state index < -0.39 is 17.9 Å². The predicted molar refractivity (Wildman–Crippen MR) is 275 cm³/mol. The van der Waals surface area contributed by atoms with Crippen molar-refractivity contribution in [2.75, 3.05) is 13.2 Å². The van der Waals surface area contributed by atoms with E-state index >= 15 is 0 Å². The number of rotatable bonds is 40. The fraction of sp³-hybridized carbons (Fsp3) is 0.625. The van der Waals surface area contributed by atoms with E-state index in [1.165, 1.54) is 38.5 Å². The van der Waals surface area contributed by atoms with Crippen LogP contribution in [0.5, 0.6) is 0 Å². The van der Waals surface area contributed by atoms with E-state index in [1.54, 1.807) is 0 Å². The Balaban J connectivity index is -0.000000404. The number of aliphatic carboxylic acids is 3. The molecule has 8 nitrogen and oxygen atoms in total. The van der Waals surface area contributed by atoms with Crippen molar-refractivity contribution in [2.24, 2.45) is 0 Å². The molecule has 0 aliphatic carbocycles. The minimum Gasteiger partial charge on any atom is -0.481 e. The minimum atomic E-state index is -0.675. The van der Waals surface area contributed by atoms with E-state index in [2.05, 4.69) is 130 Å². The highest BCUT2D eigenvalue weighted by atomic mass is 16.4. The molecule has 0 amide bonds. The second-order valence-electron chi connectivity index (χ2n) is 15.4. The van der Waals surface area contributed by atoms with Gasteiger partial charge in [0, 0.05) is 19.3 Å². The normalized spacial score (nSPS) is 11.8. The molecule has 64 heavy (non-hydrogen) atoms. The third kappa shape index (κ3) is 81.8. The summed E-state index contributed by atoms with van der Waals surface area (Å²) in [4.78, 5) is 30.9. The monoisotopic (exact) mass is 897 g/mol. The van der Waals surface area contributed by atoms with Crippen molar-refractivity contribution >= 4 is 17.9 Å². The number of hydrogen-bond donors (Lipinski definition) is 5. The van der Waals surface area contributed by atoms with Crippen molar-refractivity contribution in [3.63, 3.8) is 0 Å². The highest BCUT2D eigenvalue weighted by Crippen LogP contribution is 2.10. The van der Waals surface area contributed by atoms with Gasteiger partial charge in [-0.05, 0) is 116 Å². The van der Waals surface area contributed by atoms with Crippen LogP contribution in [-0.4, -0.2) is 56.7 Å². The number of aliphatic hydroxyl groups excluding tert-OH is 2. The number of carboxylic acids is 3. The zero-order valence-corrected chi connectivity index (χ0v) is 41.0. The fourth-order valence-electron chi connectivity index (χ4n) is 5.69. The van der Waals surface area contributed by atoms with E-state index in [-0.39, 0.29) is 13.2 Å². The first kappa shape index (κ1) is 66.6. The van der Waals surface area contributed by atoms with Crippen LogP contribution in [0, 0.1) is 0 Å². The maximum absolute atomic E-state index is 10.3. The van der Waals surface area contributed by atoms with Crippen LogP contribution in [0.15, 0.2) is 109 Å². The highest BCUT2D eigenvalue weighted by Gasteiger charge is 1.97. The van der Waals surface area contributed by atoms with Gasteiger partial charge in [-0.25, -0.2) is 0 Å². The van der Waals surface area contributed by atoms with Crippen LogP contribution >= 0.6 is 0 Å². The summed E-state index contributed by atoms with van der Waals surface area (Å²) in [6.07, 6.45) is 70.1. The molecular formula is C56H96O8. The molecule has 368 valence electrons. The van der Waals surface area contributed by atoms with Gasteiger partial charge in [0.25, 0.3) is 0 Å². The first-order valence-electron chi connectivity index (χ1n) is 24.9. The maximum atomic E-state index is 10.3. The number of unbranched alkanes of at least 4 members (excludes halogenated alkanes) is 15. The minimum absolute atomic E-state index is 0.125. The SMILES string of the molecule is CC/C=C\C/C=C\C/C=C\CCCCCCCC(=O)O.CC/C=C\C/C=C\C/C=C\CCCCCCCC(=O)O.CC/C=C\C/C=C\C/C=C\CCCCCCCC(=O)O.OCCO. The second kappa shape index (κ2) is 65.6. The summed E-state index contributed by atoms with van der Waals surface area (Å²) in [5.74, 6) is -2.02. The average Bonchev–Trinajstić information content (AvgIpc) is 3.28. The first-order valence-corrected chi connectivity index (χ1v) is 24.9. The smallest absolute Gasteiger partial charge is 0.303 e. The molecule has 0 atom stereocenters. The van der Waals surface area contributed by atoms with Gasteiger partial charge < -0.3 is 25.5 Å². The molecule has 0 aromatic rings. The van der Waals surface area contributed by atoms with Crippen LogP contribution in [0.4, 0.5) is 0 Å². The topological polar surface area (TPSA) is 152 Å². The Bertz CT molecular complexity index is 1090. The van der Waals surface area contributed by atoms with Crippen LogP contribution in [0.1, 0.15) is 213 Å². The van der Waals surface area contributed by atoms with Gasteiger partial charge in [0.2, 0.25) is 0 Å². The summed E-state index contributed by atoms with van der Waals surface area (Å²) in [5, 5.41) is 40.7. The lowest BCUT2D eigenvalue weighted by molar-refractivity contribution is -0.138. The van der Waals surface area contributed by atoms with Crippen LogP contribution in [0.25, 0.3) is 0 Å². The molecule has 0 rings (SSSR count). The van der Waals surface area contributed by atoms with Crippen LogP contribution in [-0.2, 0) is 14.4 Å². The second-order valence-corrected chi connectivity index (χ2v) is 15.4. The van der Waals surface area contributed by atoms with Crippen molar-refractivity contribution in [1.82, 2.24) is 0 Å². The molecule has 0 saturated carbocycles. The van der Waals surface area contributed by atoms with Gasteiger partial charge in [-0.3, -0.25) is 14.4 Å². The molecule has 0 saturated heterocycles. The van der Waals surface area contributed by atoms with E-state index in [0.29, 0.717) is 19.3 Å². The summed E-state index contributed by atoms with van der Waals surface area (Å²) >= 11 is 0. The van der Waals surface area contributed by atoms with Crippen molar-refractivity contribution in [3.05, 3.63) is 109 Å². The Morgan fingerprint density at radius 2 is 0.469 bits per heavy atom. The summed E-state index contributed by atoms with van der Waals surface area (Å²) in [7, 11) is 0. The van der Waals surface area contributed by atoms with Gasteiger partial charge >= 0.3 is 17.9 Å². The van der Waals surface area contributed by atoms with Gasteiger partial charge in [-0.2, -0.15) is 0 Å². The Hall–Kier alpha value is -4.01. The molecular weight excluding hydrogens is 801 g/mol. The predicted octanol–water partition coefficient (Wildman–Crippen LogP) is 16.0. The molecule has 0 bridgehead atoms. The Morgan fingerprint density at radius 3 is 0.672 bits per heavy atom. The van der Waals surface area contributed by atoms with Gasteiger partial charge in [0.15, 0.2) is 0 Å². The van der Waals surface area contributed by atoms with Crippen molar-refractivity contribution in [2.45, 2.75) is 213 Å². The number of hydrogen-bond acceptors (Lipinski definition) is 5. The Kier molecular flexibility index (Phi) is 68.3. The highest BCUT2D eigenvalue weighted by molar-refractivity contribution is 5.67. The Morgan fingerprint density at radius 1 is 0.281 bits per heavy atom. The number of carboxylic acid groups (broad SMARTS) is 3. The van der Waals surface area contributed by atoms with E-state index in [1.807, 2.05) is 0 Å².